The number of carbonyl (C=O) groups is 1. The molecule has 0 fully saturated rings. The smallest absolute Gasteiger partial charge is 0.232 e. The van der Waals surface area contributed by atoms with Crippen LogP contribution in [0.1, 0.15) is 32.0 Å². The monoisotopic (exact) mass is 440 g/mol. The van der Waals surface area contributed by atoms with Crippen molar-refractivity contribution in [2.24, 2.45) is 5.41 Å². The summed E-state index contributed by atoms with van der Waals surface area (Å²) in [5.74, 6) is -0.207. The van der Waals surface area contributed by atoms with E-state index in [2.05, 4.69) is 10.3 Å². The average molecular weight is 441 g/mol. The summed E-state index contributed by atoms with van der Waals surface area (Å²) in [4.78, 5) is 21.6. The van der Waals surface area contributed by atoms with E-state index >= 15 is 0 Å². The van der Waals surface area contributed by atoms with Gasteiger partial charge in [-0.15, -0.1) is 11.3 Å². The zero-order chi connectivity index (χ0) is 22.6. The maximum absolute atomic E-state index is 13.2. The highest BCUT2D eigenvalue weighted by Gasteiger charge is 2.29. The number of aromatic nitrogens is 1. The van der Waals surface area contributed by atoms with E-state index in [0.717, 1.165) is 27.8 Å². The summed E-state index contributed by atoms with van der Waals surface area (Å²) < 4.78 is 13.1. The van der Waals surface area contributed by atoms with Crippen LogP contribution in [0.4, 0.5) is 20.9 Å². The fourth-order valence-electron chi connectivity index (χ4n) is 3.02. The van der Waals surface area contributed by atoms with Crippen LogP contribution in [0, 0.1) is 11.2 Å². The number of thiazole rings is 1. The lowest BCUT2D eigenvalue weighted by Gasteiger charge is -2.29. The van der Waals surface area contributed by atoms with Crippen LogP contribution in [0.3, 0.4) is 0 Å². The second-order valence-electron chi connectivity index (χ2n) is 8.68. The van der Waals surface area contributed by atoms with Gasteiger partial charge in [0.15, 0.2) is 5.13 Å². The van der Waals surface area contributed by atoms with E-state index in [-0.39, 0.29) is 11.7 Å². The molecule has 164 valence electrons. The highest BCUT2D eigenvalue weighted by molar-refractivity contribution is 7.13. The Morgan fingerprint density at radius 1 is 1.03 bits per heavy atom. The topological polar surface area (TPSA) is 48.5 Å². The van der Waals surface area contributed by atoms with Gasteiger partial charge in [-0.2, -0.15) is 0 Å². The minimum absolute atomic E-state index is 0.0407. The maximum Gasteiger partial charge on any atom is 0.232 e. The first kappa shape index (κ1) is 22.7. The summed E-state index contributed by atoms with van der Waals surface area (Å²) in [7, 11) is 3.98. The van der Waals surface area contributed by atoms with Gasteiger partial charge in [-0.1, -0.05) is 32.9 Å². The molecule has 2 aromatic carbocycles. The highest BCUT2D eigenvalue weighted by Crippen LogP contribution is 2.28. The quantitative estimate of drug-likeness (QED) is 0.524. The van der Waals surface area contributed by atoms with Crippen molar-refractivity contribution >= 4 is 33.8 Å². The molecule has 0 radical (unpaired) electrons. The van der Waals surface area contributed by atoms with Crippen LogP contribution in [-0.4, -0.2) is 25.0 Å². The van der Waals surface area contributed by atoms with Crippen molar-refractivity contribution < 1.29 is 9.18 Å². The minimum Gasteiger partial charge on any atom is -0.378 e. The van der Waals surface area contributed by atoms with Gasteiger partial charge >= 0.3 is 0 Å². The number of rotatable bonds is 7. The summed E-state index contributed by atoms with van der Waals surface area (Å²) in [6.07, 6.45) is 0. The minimum atomic E-state index is -0.514. The third kappa shape index (κ3) is 6.04. The SMILES string of the molecule is CN(C)c1ccc(N(Cc2csc(NCc3ccc(F)cc3)n2)C(=O)C(C)(C)C)cc1. The van der Waals surface area contributed by atoms with E-state index in [9.17, 15) is 9.18 Å². The van der Waals surface area contributed by atoms with Crippen LogP contribution in [-0.2, 0) is 17.9 Å². The summed E-state index contributed by atoms with van der Waals surface area (Å²) >= 11 is 1.49. The van der Waals surface area contributed by atoms with E-state index in [1.807, 2.05) is 69.4 Å². The molecular formula is C24H29FN4OS. The molecule has 5 nitrogen and oxygen atoms in total. The lowest BCUT2D eigenvalue weighted by Crippen LogP contribution is -2.39. The number of halogens is 1. The molecule has 0 aliphatic heterocycles. The summed E-state index contributed by atoms with van der Waals surface area (Å²) in [6.45, 7) is 6.73. The molecule has 0 unspecified atom stereocenters. The van der Waals surface area contributed by atoms with E-state index in [1.165, 1.54) is 23.5 Å². The number of nitrogens with one attached hydrogen (secondary N) is 1. The van der Waals surface area contributed by atoms with Crippen molar-refractivity contribution in [2.75, 3.05) is 29.2 Å². The van der Waals surface area contributed by atoms with Gasteiger partial charge in [0.1, 0.15) is 5.82 Å². The molecule has 7 heteroatoms. The molecule has 0 saturated heterocycles. The Hall–Kier alpha value is -2.93. The Bertz CT molecular complexity index is 1010. The van der Waals surface area contributed by atoms with Crippen molar-refractivity contribution in [1.29, 1.82) is 0 Å². The lowest BCUT2D eigenvalue weighted by molar-refractivity contribution is -0.125. The number of benzene rings is 2. The highest BCUT2D eigenvalue weighted by atomic mass is 32.1. The lowest BCUT2D eigenvalue weighted by atomic mass is 9.94. The van der Waals surface area contributed by atoms with Gasteiger partial charge in [-0.3, -0.25) is 4.79 Å². The number of carbonyl (C=O) groups excluding carboxylic acids is 1. The molecule has 3 rings (SSSR count). The van der Waals surface area contributed by atoms with Crippen LogP contribution in [0.25, 0.3) is 0 Å². The van der Waals surface area contributed by atoms with Gasteiger partial charge < -0.3 is 15.1 Å². The summed E-state index contributed by atoms with van der Waals surface area (Å²) in [5.41, 5.74) is 3.21. The van der Waals surface area contributed by atoms with Crippen molar-refractivity contribution in [1.82, 2.24) is 4.98 Å². The van der Waals surface area contributed by atoms with E-state index < -0.39 is 5.41 Å². The molecule has 0 aliphatic rings. The predicted octanol–water partition coefficient (Wildman–Crippen LogP) is 5.54. The Morgan fingerprint density at radius 3 is 2.23 bits per heavy atom. The molecule has 0 atom stereocenters. The normalized spacial score (nSPS) is 11.3. The first-order valence-electron chi connectivity index (χ1n) is 10.2. The molecular weight excluding hydrogens is 411 g/mol. The third-order valence-electron chi connectivity index (χ3n) is 4.79. The third-order valence-corrected chi connectivity index (χ3v) is 5.64. The Balaban J connectivity index is 1.75. The second-order valence-corrected chi connectivity index (χ2v) is 9.53. The van der Waals surface area contributed by atoms with Crippen molar-refractivity contribution in [3.63, 3.8) is 0 Å². The van der Waals surface area contributed by atoms with Gasteiger partial charge in [0.25, 0.3) is 0 Å². The van der Waals surface area contributed by atoms with E-state index in [1.54, 1.807) is 17.0 Å². The Kier molecular flexibility index (Phi) is 6.95. The molecule has 1 aromatic heterocycles. The number of amides is 1. The number of anilines is 3. The summed E-state index contributed by atoms with van der Waals surface area (Å²) in [6, 6.07) is 14.3. The Labute approximate surface area is 187 Å². The van der Waals surface area contributed by atoms with Crippen LogP contribution in [0.2, 0.25) is 0 Å². The fraction of sp³-hybridized carbons (Fsp3) is 0.333. The predicted molar refractivity (Wildman–Crippen MR) is 127 cm³/mol. The van der Waals surface area contributed by atoms with Crippen LogP contribution >= 0.6 is 11.3 Å². The van der Waals surface area contributed by atoms with Gasteiger partial charge in [-0.25, -0.2) is 9.37 Å². The molecule has 0 bridgehead atoms. The zero-order valence-corrected chi connectivity index (χ0v) is 19.5. The van der Waals surface area contributed by atoms with Crippen molar-refractivity contribution in [3.8, 4) is 0 Å². The number of hydrogen-bond donors (Lipinski definition) is 1. The average Bonchev–Trinajstić information content (AvgIpc) is 3.18. The first-order valence-corrected chi connectivity index (χ1v) is 11.0. The maximum atomic E-state index is 13.2. The molecule has 31 heavy (non-hydrogen) atoms. The molecule has 1 heterocycles. The molecule has 0 aliphatic carbocycles. The molecule has 3 aromatic rings. The van der Waals surface area contributed by atoms with Gasteiger partial charge in [0.2, 0.25) is 5.91 Å². The standard InChI is InChI=1S/C24H29FN4OS/c1-24(2,3)22(30)29(21-12-10-20(11-13-21)28(4)5)15-19-16-31-23(27-19)26-14-17-6-8-18(25)9-7-17/h6-13,16H,14-15H2,1-5H3,(H,26,27). The van der Waals surface area contributed by atoms with E-state index in [0.29, 0.717) is 13.1 Å². The Morgan fingerprint density at radius 2 is 1.65 bits per heavy atom. The number of hydrogen-bond acceptors (Lipinski definition) is 5. The van der Waals surface area contributed by atoms with Crippen LogP contribution < -0.4 is 15.1 Å². The number of nitrogens with zero attached hydrogens (tertiary/aromatic N) is 3. The zero-order valence-electron chi connectivity index (χ0n) is 18.6. The van der Waals surface area contributed by atoms with Crippen LogP contribution in [0.15, 0.2) is 53.9 Å². The first-order chi connectivity index (χ1) is 14.6. The van der Waals surface area contributed by atoms with Gasteiger partial charge in [0.05, 0.1) is 12.2 Å². The largest absolute Gasteiger partial charge is 0.378 e. The van der Waals surface area contributed by atoms with Gasteiger partial charge in [-0.05, 0) is 42.0 Å². The van der Waals surface area contributed by atoms with Crippen molar-refractivity contribution in [2.45, 2.75) is 33.9 Å². The van der Waals surface area contributed by atoms with Gasteiger partial charge in [0, 0.05) is 42.8 Å². The summed E-state index contributed by atoms with van der Waals surface area (Å²) in [5, 5.41) is 6.00. The molecule has 0 spiro atoms. The molecule has 1 amide bonds. The van der Waals surface area contributed by atoms with E-state index in [4.69, 9.17) is 0 Å². The van der Waals surface area contributed by atoms with Crippen LogP contribution in [0.5, 0.6) is 0 Å². The fourth-order valence-corrected chi connectivity index (χ4v) is 3.72. The van der Waals surface area contributed by atoms with Crippen molar-refractivity contribution in [3.05, 3.63) is 71.0 Å². The molecule has 0 saturated carbocycles. The molecule has 1 N–H and O–H groups in total. The second kappa shape index (κ2) is 9.47.